The van der Waals surface area contributed by atoms with E-state index in [9.17, 15) is 23.1 Å². The molecule has 2 rings (SSSR count). The topological polar surface area (TPSA) is 61.4 Å². The van der Waals surface area contributed by atoms with Crippen LogP contribution in [0.1, 0.15) is 50.7 Å². The van der Waals surface area contributed by atoms with Crippen LogP contribution in [0.2, 0.25) is 0 Å². The fourth-order valence-corrected chi connectivity index (χ4v) is 3.07. The third-order valence-corrected chi connectivity index (χ3v) is 4.60. The zero-order valence-electron chi connectivity index (χ0n) is 14.5. The molecule has 2 amide bonds. The van der Waals surface area contributed by atoms with Crippen LogP contribution in [0.3, 0.4) is 0 Å². The Bertz CT molecular complexity index is 575. The van der Waals surface area contributed by atoms with Crippen molar-refractivity contribution in [3.05, 3.63) is 35.4 Å². The Labute approximate surface area is 145 Å². The minimum absolute atomic E-state index is 0.0403. The maximum absolute atomic E-state index is 12.5. The van der Waals surface area contributed by atoms with E-state index < -0.39 is 17.3 Å². The highest BCUT2D eigenvalue weighted by molar-refractivity contribution is 5.74. The van der Waals surface area contributed by atoms with Gasteiger partial charge in [0.25, 0.3) is 0 Å². The molecule has 0 aliphatic heterocycles. The molecule has 1 fully saturated rings. The maximum atomic E-state index is 12.5. The van der Waals surface area contributed by atoms with Crippen molar-refractivity contribution in [1.82, 2.24) is 10.6 Å². The van der Waals surface area contributed by atoms with Gasteiger partial charge in [0.2, 0.25) is 0 Å². The second-order valence-corrected chi connectivity index (χ2v) is 7.19. The summed E-state index contributed by atoms with van der Waals surface area (Å²) in [7, 11) is 0. The summed E-state index contributed by atoms with van der Waals surface area (Å²) in [5.41, 5.74) is -0.595. The summed E-state index contributed by atoms with van der Waals surface area (Å²) >= 11 is 0. The van der Waals surface area contributed by atoms with Crippen molar-refractivity contribution < 1.29 is 23.1 Å². The first-order valence-corrected chi connectivity index (χ1v) is 8.51. The van der Waals surface area contributed by atoms with Crippen LogP contribution in [0, 0.1) is 0 Å². The molecule has 1 saturated carbocycles. The maximum Gasteiger partial charge on any atom is 0.416 e. The van der Waals surface area contributed by atoms with Gasteiger partial charge in [0.05, 0.1) is 11.2 Å². The average molecular weight is 358 g/mol. The van der Waals surface area contributed by atoms with Crippen molar-refractivity contribution in [3.63, 3.8) is 0 Å². The third kappa shape index (κ3) is 6.23. The lowest BCUT2D eigenvalue weighted by atomic mass is 9.84. The number of benzene rings is 1. The molecule has 0 saturated heterocycles. The first kappa shape index (κ1) is 19.6. The van der Waals surface area contributed by atoms with Crippen LogP contribution >= 0.6 is 0 Å². The lowest BCUT2D eigenvalue weighted by Gasteiger charge is -2.33. The van der Waals surface area contributed by atoms with Gasteiger partial charge >= 0.3 is 12.2 Å². The first-order valence-electron chi connectivity index (χ1n) is 8.51. The molecule has 4 nitrogen and oxygen atoms in total. The summed E-state index contributed by atoms with van der Waals surface area (Å²) in [6.07, 6.45) is -1.13. The quantitative estimate of drug-likeness (QED) is 0.770. The van der Waals surface area contributed by atoms with Gasteiger partial charge in [0.1, 0.15) is 0 Å². The number of nitrogens with one attached hydrogen (secondary N) is 2. The zero-order valence-corrected chi connectivity index (χ0v) is 14.5. The molecule has 1 aliphatic carbocycles. The number of urea groups is 1. The Morgan fingerprint density at radius 2 is 1.84 bits per heavy atom. The Morgan fingerprint density at radius 3 is 2.36 bits per heavy atom. The number of hydrogen-bond acceptors (Lipinski definition) is 2. The number of amides is 2. The highest BCUT2D eigenvalue weighted by Gasteiger charge is 2.30. The molecule has 1 unspecified atom stereocenters. The Balaban J connectivity index is 1.78. The van der Waals surface area contributed by atoms with Crippen molar-refractivity contribution >= 4 is 6.03 Å². The van der Waals surface area contributed by atoms with Gasteiger partial charge in [-0.25, -0.2) is 4.79 Å². The number of rotatable bonds is 4. The van der Waals surface area contributed by atoms with Crippen LogP contribution in [0.15, 0.2) is 24.3 Å². The Hall–Kier alpha value is -1.76. The van der Waals surface area contributed by atoms with Crippen LogP contribution in [-0.4, -0.2) is 28.8 Å². The summed E-state index contributed by atoms with van der Waals surface area (Å²) in [6, 6.07) is 4.52. The molecule has 140 valence electrons. The van der Waals surface area contributed by atoms with Gasteiger partial charge in [-0.1, -0.05) is 12.1 Å². The van der Waals surface area contributed by atoms with E-state index in [2.05, 4.69) is 10.6 Å². The second kappa shape index (κ2) is 7.64. The SMILES string of the molecule is CC(Cc1ccc(C(F)(F)F)cc1)NC(=O)NC1CCC(C)(O)CC1. The van der Waals surface area contributed by atoms with E-state index in [1.54, 1.807) is 6.92 Å². The molecule has 0 radical (unpaired) electrons. The van der Waals surface area contributed by atoms with Gasteiger partial charge in [0, 0.05) is 12.1 Å². The van der Waals surface area contributed by atoms with Crippen molar-refractivity contribution in [2.75, 3.05) is 0 Å². The van der Waals surface area contributed by atoms with Crippen molar-refractivity contribution in [2.24, 2.45) is 0 Å². The summed E-state index contributed by atoms with van der Waals surface area (Å²) in [5, 5.41) is 15.6. The van der Waals surface area contributed by atoms with Crippen LogP contribution in [0.5, 0.6) is 0 Å². The molecular formula is C18H25F3N2O2. The predicted molar refractivity (Wildman–Crippen MR) is 89.2 cm³/mol. The minimum Gasteiger partial charge on any atom is -0.390 e. The van der Waals surface area contributed by atoms with E-state index in [4.69, 9.17) is 0 Å². The van der Waals surface area contributed by atoms with Gasteiger partial charge in [0.15, 0.2) is 0 Å². The number of hydrogen-bond donors (Lipinski definition) is 3. The summed E-state index contributed by atoms with van der Waals surface area (Å²) in [4.78, 5) is 12.0. The molecule has 1 aliphatic rings. The fourth-order valence-electron chi connectivity index (χ4n) is 3.07. The van der Waals surface area contributed by atoms with Crippen LogP contribution < -0.4 is 10.6 Å². The largest absolute Gasteiger partial charge is 0.416 e. The number of alkyl halides is 3. The van der Waals surface area contributed by atoms with Gasteiger partial charge in [-0.3, -0.25) is 0 Å². The lowest BCUT2D eigenvalue weighted by Crippen LogP contribution is -2.48. The van der Waals surface area contributed by atoms with E-state index in [1.165, 1.54) is 12.1 Å². The normalized spacial score (nSPS) is 25.3. The highest BCUT2D eigenvalue weighted by Crippen LogP contribution is 2.29. The van der Waals surface area contributed by atoms with Crippen LogP contribution in [0.25, 0.3) is 0 Å². The molecule has 3 N–H and O–H groups in total. The molecule has 25 heavy (non-hydrogen) atoms. The monoisotopic (exact) mass is 358 g/mol. The number of carbonyl (C=O) groups is 1. The van der Waals surface area contributed by atoms with Crippen molar-refractivity contribution in [1.29, 1.82) is 0 Å². The van der Waals surface area contributed by atoms with Gasteiger partial charge < -0.3 is 15.7 Å². The fraction of sp³-hybridized carbons (Fsp3) is 0.611. The molecule has 1 aromatic carbocycles. The average Bonchev–Trinajstić information content (AvgIpc) is 2.49. The second-order valence-electron chi connectivity index (χ2n) is 7.19. The Kier molecular flexibility index (Phi) is 5.98. The van der Waals surface area contributed by atoms with Crippen LogP contribution in [0.4, 0.5) is 18.0 Å². The number of halogens is 3. The minimum atomic E-state index is -4.34. The lowest BCUT2D eigenvalue weighted by molar-refractivity contribution is -0.137. The molecule has 0 heterocycles. The summed E-state index contributed by atoms with van der Waals surface area (Å²) in [5.74, 6) is 0. The van der Waals surface area contributed by atoms with Crippen molar-refractivity contribution in [2.45, 2.75) is 69.8 Å². The summed E-state index contributed by atoms with van der Waals surface area (Å²) < 4.78 is 37.6. The van der Waals surface area contributed by atoms with Crippen molar-refractivity contribution in [3.8, 4) is 0 Å². The van der Waals surface area contributed by atoms with E-state index in [1.807, 2.05) is 6.92 Å². The van der Waals surface area contributed by atoms with Gasteiger partial charge in [-0.05, 0) is 63.6 Å². The summed E-state index contributed by atoms with van der Waals surface area (Å²) in [6.45, 7) is 3.61. The smallest absolute Gasteiger partial charge is 0.390 e. The van der Waals surface area contributed by atoms with E-state index in [0.29, 0.717) is 19.3 Å². The molecule has 0 aromatic heterocycles. The molecular weight excluding hydrogens is 333 g/mol. The first-order chi connectivity index (χ1) is 11.5. The van der Waals surface area contributed by atoms with E-state index in [0.717, 1.165) is 30.5 Å². The number of aliphatic hydroxyl groups is 1. The number of carbonyl (C=O) groups excluding carboxylic acids is 1. The predicted octanol–water partition coefficient (Wildman–Crippen LogP) is 3.63. The molecule has 7 heteroatoms. The molecule has 0 bridgehead atoms. The van der Waals surface area contributed by atoms with Crippen LogP contribution in [-0.2, 0) is 12.6 Å². The zero-order chi connectivity index (χ0) is 18.7. The van der Waals surface area contributed by atoms with E-state index >= 15 is 0 Å². The molecule has 1 aromatic rings. The Morgan fingerprint density at radius 1 is 1.28 bits per heavy atom. The van der Waals surface area contributed by atoms with Gasteiger partial charge in [-0.2, -0.15) is 13.2 Å². The molecule has 0 spiro atoms. The van der Waals surface area contributed by atoms with Gasteiger partial charge in [-0.15, -0.1) is 0 Å². The highest BCUT2D eigenvalue weighted by atomic mass is 19.4. The standard InChI is InChI=1S/C18H25F3N2O2/c1-12(11-13-3-5-14(6-4-13)18(19,20)21)22-16(24)23-15-7-9-17(2,25)10-8-15/h3-6,12,15,25H,7-11H2,1-2H3,(H2,22,23,24). The third-order valence-electron chi connectivity index (χ3n) is 4.60. The molecule has 1 atom stereocenters. The van der Waals surface area contributed by atoms with E-state index in [-0.39, 0.29) is 18.1 Å².